The average Bonchev–Trinajstić information content (AvgIpc) is 0.756. The Bertz CT molecular complexity index is 4890. The maximum absolute atomic E-state index is 14.3. The van der Waals surface area contributed by atoms with Crippen molar-refractivity contribution >= 4 is 156 Å². The molecule has 0 aromatic heterocycles. The quantitative estimate of drug-likeness (QED) is 0.0135. The molecule has 0 radical (unpaired) electrons. The number of para-hydroxylation sites is 2. The second-order valence-corrected chi connectivity index (χ2v) is 35.4. The molecule has 0 atom stereocenters. The molecule has 6 aromatic rings. The smallest absolute Gasteiger partial charge is 0.338 e. The van der Waals surface area contributed by atoms with Crippen LogP contribution >= 0.6 is 23.2 Å². The summed E-state index contributed by atoms with van der Waals surface area (Å²) in [5.41, 5.74) is 3.99. The summed E-state index contributed by atoms with van der Waals surface area (Å²) in [6.07, 6.45) is 25.4. The Hall–Kier alpha value is -8.62. The summed E-state index contributed by atoms with van der Waals surface area (Å²) in [6.45, 7) is 14.8. The number of carbonyl (C=O) groups excluding carboxylic acids is 4. The van der Waals surface area contributed by atoms with Crippen LogP contribution < -0.4 is 40.1 Å². The fourth-order valence-corrected chi connectivity index (χ4v) is 16.1. The minimum atomic E-state index is -4.22. The van der Waals surface area contributed by atoms with Crippen LogP contribution in [0.5, 0.6) is 0 Å². The highest BCUT2D eigenvalue weighted by Gasteiger charge is 2.35. The highest BCUT2D eigenvalue weighted by Crippen LogP contribution is 2.35. The van der Waals surface area contributed by atoms with E-state index in [9.17, 15) is 52.8 Å². The average molecular weight is 1670 g/mol. The molecule has 26 nitrogen and oxygen atoms in total. The molecule has 0 saturated carbocycles. The van der Waals surface area contributed by atoms with Gasteiger partial charge in [-0.05, 0) is 149 Å². The number of esters is 2. The molecule has 0 saturated heterocycles. The van der Waals surface area contributed by atoms with E-state index in [2.05, 4.69) is 53.0 Å². The first-order valence-electron chi connectivity index (χ1n) is 38.6. The zero-order valence-electron chi connectivity index (χ0n) is 66.1. The number of unbranched alkanes of at least 4 members (excludes halogenated alkanes) is 18. The molecule has 5 N–H and O–H groups in total. The van der Waals surface area contributed by atoms with Crippen LogP contribution in [0.25, 0.3) is 0 Å². The number of rotatable bonds is 44. The van der Waals surface area contributed by atoms with Crippen LogP contribution in [0.4, 0.5) is 45.5 Å². The number of anilines is 6. The van der Waals surface area contributed by atoms with Gasteiger partial charge in [0.2, 0.25) is 20.0 Å². The van der Waals surface area contributed by atoms with Crippen molar-refractivity contribution in [2.75, 3.05) is 103 Å². The Morgan fingerprint density at radius 2 is 0.903 bits per heavy atom. The number of amidine groups is 2. The molecule has 0 aliphatic carbocycles. The van der Waals surface area contributed by atoms with Crippen molar-refractivity contribution in [2.45, 2.75) is 180 Å². The van der Waals surface area contributed by atoms with E-state index < -0.39 is 63.8 Å². The molecule has 113 heavy (non-hydrogen) atoms. The maximum atomic E-state index is 14.3. The van der Waals surface area contributed by atoms with E-state index in [0.717, 1.165) is 62.4 Å². The minimum absolute atomic E-state index is 0.0198. The van der Waals surface area contributed by atoms with Crippen LogP contribution in [0.1, 0.15) is 188 Å². The number of sulfonamides is 4. The molecule has 2 amide bonds. The second kappa shape index (κ2) is 44.9. The van der Waals surface area contributed by atoms with Gasteiger partial charge < -0.3 is 40.1 Å². The molecule has 2 aliphatic rings. The third kappa shape index (κ3) is 29.0. The minimum Gasteiger partial charge on any atom is -0.462 e. The van der Waals surface area contributed by atoms with Crippen molar-refractivity contribution in [2.24, 2.45) is 18.8 Å². The fourth-order valence-electron chi connectivity index (χ4n) is 12.5. The molecule has 0 spiro atoms. The van der Waals surface area contributed by atoms with E-state index in [-0.39, 0.29) is 97.4 Å². The number of carbonyl (C=O) groups is 4. The number of benzene rings is 6. The normalized spacial score (nSPS) is 13.7. The molecule has 0 unspecified atom stereocenters. The zero-order valence-corrected chi connectivity index (χ0v) is 70.9. The third-order valence-corrected chi connectivity index (χ3v) is 23.5. The van der Waals surface area contributed by atoms with E-state index in [4.69, 9.17) is 37.7 Å². The van der Waals surface area contributed by atoms with E-state index >= 15 is 0 Å². The van der Waals surface area contributed by atoms with Crippen LogP contribution in [0.15, 0.2) is 150 Å². The number of nitrogens with one attached hydrogen (secondary N) is 5. The summed E-state index contributed by atoms with van der Waals surface area (Å²) in [6, 6.07) is 31.9. The highest BCUT2D eigenvalue weighted by molar-refractivity contribution is 7.91. The van der Waals surface area contributed by atoms with Crippen LogP contribution in [-0.2, 0) is 59.2 Å². The monoisotopic (exact) mass is 1670 g/mol. The van der Waals surface area contributed by atoms with Crippen molar-refractivity contribution in [3.8, 4) is 0 Å². The van der Waals surface area contributed by atoms with Gasteiger partial charge in [0.05, 0.1) is 81.0 Å². The molecule has 0 fully saturated rings. The standard InChI is InChI=1S/C41H55ClN6O7S2.C40H53ClN6O7S2/c1-6-8-9-10-11-12-13-14-15-18-27-55-41(50)31-21-23-33(42)35(29-31)45-40(49)38(39-46-57(53,54)37-20-17-16-19-36(37)47(39)4)44-34-24-22-32(28-30(34)3)48(7-2)26-25-43-56(5,51)52;1-5-7-8-9-10-11-12-13-14-17-26-54-40(49)30-20-22-32(41)35(28-30)45-39(48)37(38-44-34-18-15-16-19-36(34)56(52,53)46-38)43-33-23-21-31(27-29(33)3)47(6-2)25-24-42-55(4,50)51/h16-17,19-24,28-29,43H,6-15,18,25-27H2,1-5H3,(H,45,49);15-16,18-23,27-28,42H,5-14,17,24-26H2,1-4H3,(H,44,46)(H,45,48). The predicted molar refractivity (Wildman–Crippen MR) is 457 cm³/mol. The summed E-state index contributed by atoms with van der Waals surface area (Å²) < 4.78 is 124. The fraction of sp³-hybridized carbons (Fsp3) is 0.457. The summed E-state index contributed by atoms with van der Waals surface area (Å²) in [5.74, 6) is -3.32. The molecule has 32 heteroatoms. The molecule has 6 aromatic carbocycles. The van der Waals surface area contributed by atoms with Crippen LogP contribution in [-0.4, -0.2) is 153 Å². The van der Waals surface area contributed by atoms with Gasteiger partial charge >= 0.3 is 11.9 Å². The van der Waals surface area contributed by atoms with Crippen molar-refractivity contribution in [1.82, 2.24) is 9.44 Å². The Balaban J connectivity index is 0.000000313. The molecular weight excluding hydrogens is 1560 g/mol. The van der Waals surface area contributed by atoms with Crippen LogP contribution in [0.2, 0.25) is 10.0 Å². The van der Waals surface area contributed by atoms with Gasteiger partial charge in [0.15, 0.2) is 23.1 Å². The molecule has 2 aliphatic heterocycles. The topological polar surface area (TPSA) is 343 Å². The number of ether oxygens (including phenoxy) is 2. The van der Waals surface area contributed by atoms with Crippen LogP contribution in [0.3, 0.4) is 0 Å². The van der Waals surface area contributed by atoms with E-state index in [1.54, 1.807) is 81.6 Å². The number of aliphatic imine (C=N–C) groups is 2. The lowest BCUT2D eigenvalue weighted by Gasteiger charge is -2.27. The van der Waals surface area contributed by atoms with Crippen molar-refractivity contribution in [3.63, 3.8) is 0 Å². The highest BCUT2D eigenvalue weighted by atomic mass is 35.5. The summed E-state index contributed by atoms with van der Waals surface area (Å²) in [4.78, 5) is 69.0. The summed E-state index contributed by atoms with van der Waals surface area (Å²) in [5, 5.41) is 8.62. The number of likely N-dealkylation sites (N-methyl/N-ethyl adjacent to an activating group) is 2. The van der Waals surface area contributed by atoms with Crippen molar-refractivity contribution < 1.29 is 62.3 Å². The Morgan fingerprint density at radius 1 is 0.504 bits per heavy atom. The Kier molecular flexibility index (Phi) is 36.4. The Labute approximate surface area is 677 Å². The maximum Gasteiger partial charge on any atom is 0.338 e. The molecular formula is C81H108Cl2N12O14S4. The number of nitrogens with zero attached hydrogens (tertiary/aromatic N) is 7. The first-order chi connectivity index (χ1) is 53.9. The van der Waals surface area contributed by atoms with Gasteiger partial charge in [-0.25, -0.2) is 45.9 Å². The summed E-state index contributed by atoms with van der Waals surface area (Å²) in [7, 11) is -13.6. The lowest BCUT2D eigenvalue weighted by atomic mass is 10.1. The lowest BCUT2D eigenvalue weighted by Crippen LogP contribution is -2.43. The van der Waals surface area contributed by atoms with Gasteiger partial charge in [-0.3, -0.25) is 9.59 Å². The number of halogens is 2. The molecule has 2 heterocycles. The van der Waals surface area contributed by atoms with Gasteiger partial charge in [0.1, 0.15) is 9.79 Å². The van der Waals surface area contributed by atoms with Gasteiger partial charge in [-0.1, -0.05) is 177 Å². The van der Waals surface area contributed by atoms with Gasteiger partial charge in [-0.2, -0.15) is 16.8 Å². The number of aryl methyl sites for hydroxylation is 2. The second-order valence-electron chi connectivity index (χ2n) is 27.7. The SMILES string of the molecule is CCCCCCCCCCCCOC(=O)c1ccc(Cl)c(NC(=O)C(=Nc2ccc(N(CC)CCNS(C)(=O)=O)cc2C)C2=NS(=O)(=O)c3ccccc3N2)c1.CCCCCCCCCCCCOC(=O)c1ccc(Cl)c(NC(=O)C(=Nc2ccc(N(CC)CCNS(C)(=O)=O)cc2C)C2=NS(=O)(=O)c3ccccc3N2C)c1. The van der Waals surface area contributed by atoms with Crippen LogP contribution in [0, 0.1) is 13.8 Å². The Morgan fingerprint density at radius 3 is 1.34 bits per heavy atom. The lowest BCUT2D eigenvalue weighted by molar-refractivity contribution is -0.111. The van der Waals surface area contributed by atoms with Crippen molar-refractivity contribution in [3.05, 3.63) is 154 Å². The molecule has 614 valence electrons. The van der Waals surface area contributed by atoms with E-state index in [1.165, 1.54) is 143 Å². The number of hydrogen-bond acceptors (Lipinski definition) is 20. The van der Waals surface area contributed by atoms with E-state index in [1.807, 2.05) is 35.8 Å². The van der Waals surface area contributed by atoms with E-state index in [0.29, 0.717) is 54.4 Å². The first-order valence-corrected chi connectivity index (χ1v) is 46.0. The number of fused-ring (bicyclic) bond motifs is 2. The molecule has 8 rings (SSSR count). The van der Waals surface area contributed by atoms with Crippen molar-refractivity contribution in [1.29, 1.82) is 0 Å². The number of hydrogen-bond donors (Lipinski definition) is 5. The largest absolute Gasteiger partial charge is 0.462 e. The molecule has 0 bridgehead atoms. The number of amides is 2. The van der Waals surface area contributed by atoms with Gasteiger partial charge in [-0.15, -0.1) is 8.80 Å². The van der Waals surface area contributed by atoms with Gasteiger partial charge in [0, 0.05) is 57.7 Å². The summed E-state index contributed by atoms with van der Waals surface area (Å²) >= 11 is 13.0. The van der Waals surface area contributed by atoms with Gasteiger partial charge in [0.25, 0.3) is 31.9 Å². The zero-order chi connectivity index (χ0) is 82.3. The third-order valence-electron chi connectivity index (χ3n) is 18.7. The first kappa shape index (κ1) is 91.6. The predicted octanol–water partition coefficient (Wildman–Crippen LogP) is 16.1.